The molecule has 0 fully saturated rings. The highest BCUT2D eigenvalue weighted by molar-refractivity contribution is 7.22. The molecule has 106 valence electrons. The third-order valence-electron chi connectivity index (χ3n) is 3.85. The number of aliphatic hydroxyl groups is 1. The Hall–Kier alpha value is -2.11. The molecule has 1 aliphatic rings. The van der Waals surface area contributed by atoms with Crippen LogP contribution in [-0.4, -0.2) is 21.3 Å². The molecule has 0 radical (unpaired) electrons. The fourth-order valence-electron chi connectivity index (χ4n) is 2.86. The number of aromatic nitrogens is 1. The Bertz CT molecular complexity index is 815. The number of aliphatic hydroxyl groups excluding tert-OH is 1. The highest BCUT2D eigenvalue weighted by Gasteiger charge is 2.31. The number of thiazole rings is 1. The van der Waals surface area contributed by atoms with Crippen LogP contribution in [0.25, 0.3) is 10.2 Å². The first-order chi connectivity index (χ1) is 10.2. The van der Waals surface area contributed by atoms with Crippen LogP contribution in [0.2, 0.25) is 0 Å². The Morgan fingerprint density at radius 1 is 1.19 bits per heavy atom. The van der Waals surface area contributed by atoms with Gasteiger partial charge >= 0.3 is 0 Å². The van der Waals surface area contributed by atoms with Crippen LogP contribution < -0.4 is 5.32 Å². The normalized spacial score (nSPS) is 20.6. The van der Waals surface area contributed by atoms with E-state index in [0.29, 0.717) is 6.42 Å². The van der Waals surface area contributed by atoms with Crippen molar-refractivity contribution in [2.45, 2.75) is 18.6 Å². The number of phenols is 1. The Morgan fingerprint density at radius 2 is 2.05 bits per heavy atom. The van der Waals surface area contributed by atoms with Gasteiger partial charge in [-0.25, -0.2) is 4.98 Å². The summed E-state index contributed by atoms with van der Waals surface area (Å²) < 4.78 is 0.929. The van der Waals surface area contributed by atoms with Crippen LogP contribution in [0.3, 0.4) is 0 Å². The Labute approximate surface area is 125 Å². The van der Waals surface area contributed by atoms with E-state index in [4.69, 9.17) is 0 Å². The minimum absolute atomic E-state index is 0.129. The molecule has 2 aromatic carbocycles. The highest BCUT2D eigenvalue weighted by atomic mass is 32.1. The zero-order valence-electron chi connectivity index (χ0n) is 11.2. The summed E-state index contributed by atoms with van der Waals surface area (Å²) in [6.07, 6.45) is 0.224. The summed E-state index contributed by atoms with van der Waals surface area (Å²) in [4.78, 5) is 4.51. The molecule has 21 heavy (non-hydrogen) atoms. The summed E-state index contributed by atoms with van der Waals surface area (Å²) in [5, 5.41) is 23.9. The molecule has 3 aromatic rings. The fraction of sp³-hybridized carbons (Fsp3) is 0.188. The van der Waals surface area contributed by atoms with Crippen molar-refractivity contribution >= 4 is 26.7 Å². The van der Waals surface area contributed by atoms with Crippen molar-refractivity contribution in [3.63, 3.8) is 0 Å². The van der Waals surface area contributed by atoms with Crippen molar-refractivity contribution in [3.05, 3.63) is 53.6 Å². The van der Waals surface area contributed by atoms with Crippen molar-refractivity contribution in [3.8, 4) is 5.75 Å². The van der Waals surface area contributed by atoms with E-state index in [9.17, 15) is 10.2 Å². The monoisotopic (exact) mass is 298 g/mol. The maximum Gasteiger partial charge on any atom is 0.184 e. The number of fused-ring (bicyclic) bond motifs is 2. The van der Waals surface area contributed by atoms with E-state index in [-0.39, 0.29) is 11.8 Å². The molecule has 0 saturated carbocycles. The molecule has 0 amide bonds. The van der Waals surface area contributed by atoms with Crippen molar-refractivity contribution in [1.82, 2.24) is 4.98 Å². The molecule has 0 bridgehead atoms. The second kappa shape index (κ2) is 4.72. The first kappa shape index (κ1) is 12.6. The summed E-state index contributed by atoms with van der Waals surface area (Å²) in [6, 6.07) is 13.1. The molecular weight excluding hydrogens is 284 g/mol. The van der Waals surface area contributed by atoms with E-state index >= 15 is 0 Å². The summed E-state index contributed by atoms with van der Waals surface area (Å²) in [7, 11) is 0. The molecule has 0 aliphatic heterocycles. The second-order valence-corrected chi connectivity index (χ2v) is 6.29. The number of nitrogens with one attached hydrogen (secondary N) is 1. The third-order valence-corrected chi connectivity index (χ3v) is 4.80. The zero-order chi connectivity index (χ0) is 14.4. The lowest BCUT2D eigenvalue weighted by molar-refractivity contribution is 0.166. The van der Waals surface area contributed by atoms with Gasteiger partial charge in [0, 0.05) is 6.42 Å². The summed E-state index contributed by atoms with van der Waals surface area (Å²) in [5.41, 5.74) is 3.16. The molecule has 4 rings (SSSR count). The first-order valence-electron chi connectivity index (χ1n) is 6.83. The maximum atomic E-state index is 10.3. The van der Waals surface area contributed by atoms with Gasteiger partial charge in [0.05, 0.1) is 22.4 Å². The van der Waals surface area contributed by atoms with Crippen LogP contribution in [0.4, 0.5) is 5.13 Å². The summed E-state index contributed by atoms with van der Waals surface area (Å²) in [6.45, 7) is 0. The van der Waals surface area contributed by atoms with E-state index in [1.807, 2.05) is 18.2 Å². The number of aromatic hydroxyl groups is 1. The lowest BCUT2D eigenvalue weighted by atomic mass is 10.1. The standard InChI is InChI=1S/C16H14N2O2S/c19-10-5-6-12-14(8-10)21-16(17-12)18-15-11-4-2-1-3-9(11)7-13(15)20/h1-6,8,13,15,19-20H,7H2,(H,17,18)/t13-,15?/m0/s1. The van der Waals surface area contributed by atoms with Gasteiger partial charge in [0.1, 0.15) is 5.75 Å². The molecule has 1 heterocycles. The van der Waals surface area contributed by atoms with Gasteiger partial charge in [-0.05, 0) is 29.3 Å². The Kier molecular flexibility index (Phi) is 2.83. The second-order valence-electron chi connectivity index (χ2n) is 5.26. The number of phenolic OH excluding ortho intramolecular Hbond substituents is 1. The molecule has 0 spiro atoms. The summed E-state index contributed by atoms with van der Waals surface area (Å²) in [5.74, 6) is 0.240. The average Bonchev–Trinajstić information content (AvgIpc) is 3.00. The van der Waals surface area contributed by atoms with Crippen molar-refractivity contribution in [2.75, 3.05) is 5.32 Å². The minimum atomic E-state index is -0.442. The smallest absolute Gasteiger partial charge is 0.184 e. The van der Waals surface area contributed by atoms with Crippen molar-refractivity contribution in [2.24, 2.45) is 0 Å². The largest absolute Gasteiger partial charge is 0.508 e. The van der Waals surface area contributed by atoms with Crippen LogP contribution in [0.15, 0.2) is 42.5 Å². The highest BCUT2D eigenvalue weighted by Crippen LogP contribution is 2.36. The molecular formula is C16H14N2O2S. The van der Waals surface area contributed by atoms with Gasteiger partial charge < -0.3 is 15.5 Å². The maximum absolute atomic E-state index is 10.3. The van der Waals surface area contributed by atoms with Gasteiger partial charge in [-0.3, -0.25) is 0 Å². The van der Waals surface area contributed by atoms with E-state index < -0.39 is 6.10 Å². The lowest BCUT2D eigenvalue weighted by Crippen LogP contribution is -2.20. The molecule has 3 N–H and O–H groups in total. The molecule has 5 heteroatoms. The number of hydrogen-bond donors (Lipinski definition) is 3. The van der Waals surface area contributed by atoms with Gasteiger partial charge in [0.2, 0.25) is 0 Å². The molecule has 4 nitrogen and oxygen atoms in total. The van der Waals surface area contributed by atoms with Crippen LogP contribution in [0.5, 0.6) is 5.75 Å². The topological polar surface area (TPSA) is 65.4 Å². The van der Waals surface area contributed by atoms with E-state index in [1.54, 1.807) is 18.2 Å². The van der Waals surface area contributed by atoms with E-state index in [2.05, 4.69) is 16.4 Å². The first-order valence-corrected chi connectivity index (χ1v) is 7.64. The quantitative estimate of drug-likeness (QED) is 0.680. The molecule has 1 unspecified atom stereocenters. The average molecular weight is 298 g/mol. The molecule has 1 aromatic heterocycles. The van der Waals surface area contributed by atoms with Crippen molar-refractivity contribution < 1.29 is 10.2 Å². The van der Waals surface area contributed by atoms with Gasteiger partial charge in [0.25, 0.3) is 0 Å². The Balaban J connectivity index is 1.68. The molecule has 0 saturated heterocycles. The number of hydrogen-bond acceptors (Lipinski definition) is 5. The van der Waals surface area contributed by atoms with Crippen LogP contribution >= 0.6 is 11.3 Å². The number of rotatable bonds is 2. The fourth-order valence-corrected chi connectivity index (χ4v) is 3.79. The predicted molar refractivity (Wildman–Crippen MR) is 83.8 cm³/mol. The zero-order valence-corrected chi connectivity index (χ0v) is 12.0. The molecule has 2 atom stereocenters. The van der Waals surface area contributed by atoms with Crippen LogP contribution in [0.1, 0.15) is 17.2 Å². The van der Waals surface area contributed by atoms with Gasteiger partial charge in [0.15, 0.2) is 5.13 Å². The third kappa shape index (κ3) is 2.14. The SMILES string of the molecule is Oc1ccc2nc(NC3c4ccccc4C[C@@H]3O)sc2c1. The molecule has 1 aliphatic carbocycles. The van der Waals surface area contributed by atoms with Gasteiger partial charge in [-0.1, -0.05) is 35.6 Å². The Morgan fingerprint density at radius 3 is 2.95 bits per heavy atom. The van der Waals surface area contributed by atoms with Crippen LogP contribution in [-0.2, 0) is 6.42 Å². The number of anilines is 1. The minimum Gasteiger partial charge on any atom is -0.508 e. The summed E-state index contributed by atoms with van der Waals surface area (Å²) >= 11 is 1.48. The van der Waals surface area contributed by atoms with Crippen molar-refractivity contribution in [1.29, 1.82) is 0 Å². The van der Waals surface area contributed by atoms with E-state index in [0.717, 1.165) is 20.9 Å². The number of benzene rings is 2. The van der Waals surface area contributed by atoms with E-state index in [1.165, 1.54) is 16.9 Å². The number of nitrogens with zero attached hydrogens (tertiary/aromatic N) is 1. The predicted octanol–water partition coefficient (Wildman–Crippen LogP) is 3.07. The lowest BCUT2D eigenvalue weighted by Gasteiger charge is -2.16. The van der Waals surface area contributed by atoms with Crippen LogP contribution in [0, 0.1) is 0 Å². The van der Waals surface area contributed by atoms with Gasteiger partial charge in [-0.2, -0.15) is 0 Å². The van der Waals surface area contributed by atoms with Gasteiger partial charge in [-0.15, -0.1) is 0 Å².